The molecule has 0 aliphatic heterocycles. The number of nitrogens with two attached hydrogens (primary N) is 1. The first-order chi connectivity index (χ1) is 6.15. The lowest BCUT2D eigenvalue weighted by Crippen LogP contribution is -2.23. The van der Waals surface area contributed by atoms with Crippen LogP contribution in [0, 0.1) is 0 Å². The molecule has 0 aliphatic carbocycles. The quantitative estimate of drug-likeness (QED) is 0.702. The number of hydrogen-bond acceptors (Lipinski definition) is 2. The predicted molar refractivity (Wildman–Crippen MR) is 58.0 cm³/mol. The number of aliphatic hydroxyl groups is 1. The lowest BCUT2D eigenvalue weighted by Gasteiger charge is -2.15. The molecular weight excluding hydrogens is 184 g/mol. The molecule has 3 N–H and O–H groups in total. The molecule has 0 aliphatic rings. The van der Waals surface area contributed by atoms with Gasteiger partial charge in [-0.1, -0.05) is 12.1 Å². The van der Waals surface area contributed by atoms with E-state index in [2.05, 4.69) is 12.2 Å². The Bertz CT molecular complexity index is 314. The highest BCUT2D eigenvalue weighted by Gasteiger charge is 2.04. The molecule has 0 unspecified atom stereocenters. The van der Waals surface area contributed by atoms with E-state index in [-0.39, 0.29) is 5.17 Å². The zero-order chi connectivity index (χ0) is 9.84. The third-order valence-corrected chi connectivity index (χ3v) is 2.09. The molecule has 0 radical (unpaired) electrons. The van der Waals surface area contributed by atoms with Crippen molar-refractivity contribution in [3.8, 4) is 0 Å². The third kappa shape index (κ3) is 2.40. The molecule has 4 heteroatoms. The smallest absolute Gasteiger partial charge is 0.261 e. The molecule has 0 heterocycles. The Morgan fingerprint density at radius 2 is 2.31 bits per heavy atom. The van der Waals surface area contributed by atoms with E-state index < -0.39 is 0 Å². The van der Waals surface area contributed by atoms with Crippen LogP contribution in [0.4, 0.5) is 5.69 Å². The molecule has 1 aromatic carbocycles. The number of thiocarbonyl (C=S) groups is 1. The van der Waals surface area contributed by atoms with Crippen LogP contribution in [0.15, 0.2) is 24.3 Å². The van der Waals surface area contributed by atoms with Gasteiger partial charge in [0.2, 0.25) is 0 Å². The number of nitrogens with zero attached hydrogens (tertiary/aromatic N) is 1. The first-order valence-corrected chi connectivity index (χ1v) is 4.31. The monoisotopic (exact) mass is 196 g/mol. The van der Waals surface area contributed by atoms with Gasteiger partial charge in [0.1, 0.15) is 0 Å². The van der Waals surface area contributed by atoms with Gasteiger partial charge < -0.3 is 15.7 Å². The topological polar surface area (TPSA) is 49.5 Å². The van der Waals surface area contributed by atoms with Gasteiger partial charge in [-0.3, -0.25) is 0 Å². The molecule has 0 amide bonds. The standard InChI is InChI=1S/C9H12N2OS/c1-11(9(12)13)8-4-2-3-7(5-8)6-10/h2-5H,6,10H2,1H3,(H,12,13). The van der Waals surface area contributed by atoms with Crippen LogP contribution in [0.1, 0.15) is 5.56 Å². The van der Waals surface area contributed by atoms with Crippen molar-refractivity contribution in [2.45, 2.75) is 6.54 Å². The second-order valence-corrected chi connectivity index (χ2v) is 3.08. The minimum Gasteiger partial charge on any atom is -0.486 e. The average Bonchev–Trinajstić information content (AvgIpc) is 2.16. The van der Waals surface area contributed by atoms with Crippen LogP contribution in [-0.2, 0) is 6.54 Å². The Kier molecular flexibility index (Phi) is 3.22. The SMILES string of the molecule is CN(C(O)=S)c1cccc(CN)c1. The second kappa shape index (κ2) is 4.20. The highest BCUT2D eigenvalue weighted by molar-refractivity contribution is 7.80. The molecule has 1 aromatic rings. The van der Waals surface area contributed by atoms with Crippen molar-refractivity contribution in [3.63, 3.8) is 0 Å². The summed E-state index contributed by atoms with van der Waals surface area (Å²) in [7, 11) is 1.71. The Hall–Kier alpha value is -1.13. The highest BCUT2D eigenvalue weighted by atomic mass is 32.1. The molecule has 0 atom stereocenters. The average molecular weight is 196 g/mol. The molecule has 13 heavy (non-hydrogen) atoms. The van der Waals surface area contributed by atoms with E-state index in [4.69, 9.17) is 10.8 Å². The van der Waals surface area contributed by atoms with E-state index in [9.17, 15) is 0 Å². The fraction of sp³-hybridized carbons (Fsp3) is 0.222. The maximum absolute atomic E-state index is 9.06. The molecule has 0 bridgehead atoms. The van der Waals surface area contributed by atoms with E-state index in [1.165, 1.54) is 4.90 Å². The van der Waals surface area contributed by atoms with E-state index in [0.29, 0.717) is 6.54 Å². The number of benzene rings is 1. The largest absolute Gasteiger partial charge is 0.486 e. The van der Waals surface area contributed by atoms with Crippen LogP contribution in [0.3, 0.4) is 0 Å². The molecule has 3 nitrogen and oxygen atoms in total. The van der Waals surface area contributed by atoms with Gasteiger partial charge in [0.05, 0.1) is 0 Å². The van der Waals surface area contributed by atoms with Gasteiger partial charge >= 0.3 is 0 Å². The van der Waals surface area contributed by atoms with Crippen LogP contribution in [0.25, 0.3) is 0 Å². The van der Waals surface area contributed by atoms with Gasteiger partial charge in [-0.05, 0) is 29.9 Å². The summed E-state index contributed by atoms with van der Waals surface area (Å²) in [4.78, 5) is 1.52. The van der Waals surface area contributed by atoms with Crippen molar-refractivity contribution in [1.82, 2.24) is 0 Å². The molecule has 70 valence electrons. The highest BCUT2D eigenvalue weighted by Crippen LogP contribution is 2.14. The number of aliphatic hydroxyl groups excluding tert-OH is 1. The van der Waals surface area contributed by atoms with E-state index in [0.717, 1.165) is 11.3 Å². The van der Waals surface area contributed by atoms with Crippen LogP contribution < -0.4 is 10.6 Å². The lowest BCUT2D eigenvalue weighted by molar-refractivity contribution is 0.554. The fourth-order valence-corrected chi connectivity index (χ4v) is 1.11. The maximum Gasteiger partial charge on any atom is 0.261 e. The summed E-state index contributed by atoms with van der Waals surface area (Å²) in [6.07, 6.45) is 0. The summed E-state index contributed by atoms with van der Waals surface area (Å²) in [5.74, 6) is 0. The van der Waals surface area contributed by atoms with E-state index in [1.54, 1.807) is 7.05 Å². The van der Waals surface area contributed by atoms with Crippen molar-refractivity contribution in [2.75, 3.05) is 11.9 Å². The van der Waals surface area contributed by atoms with E-state index >= 15 is 0 Å². The predicted octanol–water partition coefficient (Wildman–Crippen LogP) is 1.42. The molecule has 0 fully saturated rings. The van der Waals surface area contributed by atoms with Crippen LogP contribution in [0.5, 0.6) is 0 Å². The normalized spacial score (nSPS) is 9.69. The first-order valence-electron chi connectivity index (χ1n) is 3.91. The summed E-state index contributed by atoms with van der Waals surface area (Å²) < 4.78 is 0. The van der Waals surface area contributed by atoms with E-state index in [1.807, 2.05) is 24.3 Å². The minimum absolute atomic E-state index is 0.144. The zero-order valence-electron chi connectivity index (χ0n) is 7.40. The van der Waals surface area contributed by atoms with Crippen LogP contribution >= 0.6 is 12.2 Å². The van der Waals surface area contributed by atoms with Gasteiger partial charge in [0.15, 0.2) is 0 Å². The number of rotatable bonds is 2. The molecule has 0 saturated carbocycles. The molecule has 0 aromatic heterocycles. The molecular formula is C9H12N2OS. The van der Waals surface area contributed by atoms with Gasteiger partial charge in [-0.25, -0.2) is 0 Å². The minimum atomic E-state index is -0.144. The zero-order valence-corrected chi connectivity index (χ0v) is 8.21. The fourth-order valence-electron chi connectivity index (χ4n) is 1.00. The summed E-state index contributed by atoms with van der Waals surface area (Å²) in [6, 6.07) is 7.56. The van der Waals surface area contributed by atoms with Crippen molar-refractivity contribution in [3.05, 3.63) is 29.8 Å². The summed E-state index contributed by atoms with van der Waals surface area (Å²) in [6.45, 7) is 0.486. The van der Waals surface area contributed by atoms with Gasteiger partial charge in [-0.15, -0.1) is 0 Å². The second-order valence-electron chi connectivity index (χ2n) is 2.72. The number of anilines is 1. The van der Waals surface area contributed by atoms with Crippen molar-refractivity contribution < 1.29 is 5.11 Å². The first kappa shape index (κ1) is 9.95. The van der Waals surface area contributed by atoms with Gasteiger partial charge in [0.25, 0.3) is 5.17 Å². The number of hydrogen-bond donors (Lipinski definition) is 2. The Morgan fingerprint density at radius 1 is 1.62 bits per heavy atom. The summed E-state index contributed by atoms with van der Waals surface area (Å²) in [5.41, 5.74) is 7.34. The van der Waals surface area contributed by atoms with Gasteiger partial charge in [0, 0.05) is 19.3 Å². The summed E-state index contributed by atoms with van der Waals surface area (Å²) in [5, 5.41) is 8.92. The maximum atomic E-state index is 9.06. The molecule has 0 saturated heterocycles. The van der Waals surface area contributed by atoms with Crippen LogP contribution in [0.2, 0.25) is 0 Å². The Labute approximate surface area is 82.8 Å². The van der Waals surface area contributed by atoms with Crippen molar-refractivity contribution >= 4 is 23.1 Å². The summed E-state index contributed by atoms with van der Waals surface area (Å²) >= 11 is 4.63. The van der Waals surface area contributed by atoms with Crippen molar-refractivity contribution in [2.24, 2.45) is 5.73 Å². The Morgan fingerprint density at radius 3 is 2.85 bits per heavy atom. The third-order valence-electron chi connectivity index (χ3n) is 1.82. The Balaban J connectivity index is 2.94. The van der Waals surface area contributed by atoms with Crippen LogP contribution in [-0.4, -0.2) is 17.3 Å². The molecule has 0 spiro atoms. The lowest BCUT2D eigenvalue weighted by atomic mass is 10.2. The van der Waals surface area contributed by atoms with Crippen molar-refractivity contribution in [1.29, 1.82) is 0 Å². The van der Waals surface area contributed by atoms with Gasteiger partial charge in [-0.2, -0.15) is 0 Å². The molecule has 1 rings (SSSR count).